The molecular weight excluding hydrogens is 274 g/mol. The molecule has 0 aliphatic carbocycles. The summed E-state index contributed by atoms with van der Waals surface area (Å²) in [6.07, 6.45) is 2.25. The van der Waals surface area contributed by atoms with E-state index in [0.717, 1.165) is 43.2 Å². The maximum absolute atomic E-state index is 5.66. The molecule has 118 valence electrons. The van der Waals surface area contributed by atoms with Crippen molar-refractivity contribution in [2.75, 3.05) is 18.5 Å². The zero-order chi connectivity index (χ0) is 15.6. The second kappa shape index (κ2) is 8.98. The van der Waals surface area contributed by atoms with Gasteiger partial charge in [0.2, 0.25) is 0 Å². The summed E-state index contributed by atoms with van der Waals surface area (Å²) < 4.78 is 11.1. The first-order chi connectivity index (χ1) is 10.8. The average molecular weight is 299 g/mol. The molecule has 0 atom stereocenters. The highest BCUT2D eigenvalue weighted by molar-refractivity contribution is 5.47. The van der Waals surface area contributed by atoms with Crippen molar-refractivity contribution < 1.29 is 9.47 Å². The average Bonchev–Trinajstić information content (AvgIpc) is 2.56. The lowest BCUT2D eigenvalue weighted by Crippen LogP contribution is -2.00. The largest absolute Gasteiger partial charge is 0.494 e. The maximum Gasteiger partial charge on any atom is 0.119 e. The first kappa shape index (κ1) is 16.2. The van der Waals surface area contributed by atoms with Crippen molar-refractivity contribution in [1.29, 1.82) is 0 Å². The number of nitrogens with one attached hydrogen (secondary N) is 1. The lowest BCUT2D eigenvalue weighted by atomic mass is 10.2. The van der Waals surface area contributed by atoms with Gasteiger partial charge in [-0.1, -0.05) is 25.5 Å². The van der Waals surface area contributed by atoms with Gasteiger partial charge >= 0.3 is 0 Å². The van der Waals surface area contributed by atoms with Gasteiger partial charge < -0.3 is 14.8 Å². The molecule has 0 radical (unpaired) electrons. The minimum absolute atomic E-state index is 0.699. The Morgan fingerprint density at radius 3 is 2.09 bits per heavy atom. The van der Waals surface area contributed by atoms with Gasteiger partial charge in [0.05, 0.1) is 13.2 Å². The van der Waals surface area contributed by atoms with Gasteiger partial charge in [0.15, 0.2) is 0 Å². The molecule has 2 aromatic rings. The zero-order valence-corrected chi connectivity index (χ0v) is 13.5. The molecule has 0 aromatic heterocycles. The lowest BCUT2D eigenvalue weighted by Gasteiger charge is -2.09. The Kier molecular flexibility index (Phi) is 6.62. The predicted octanol–water partition coefficient (Wildman–Crippen LogP) is 4.88. The highest BCUT2D eigenvalue weighted by Crippen LogP contribution is 2.18. The zero-order valence-electron chi connectivity index (χ0n) is 13.5. The Balaban J connectivity index is 1.80. The minimum Gasteiger partial charge on any atom is -0.494 e. The van der Waals surface area contributed by atoms with E-state index in [2.05, 4.69) is 36.5 Å². The monoisotopic (exact) mass is 299 g/mol. The molecule has 0 bridgehead atoms. The number of ether oxygens (including phenoxy) is 2. The summed E-state index contributed by atoms with van der Waals surface area (Å²) in [4.78, 5) is 0. The van der Waals surface area contributed by atoms with Crippen LogP contribution in [0.4, 0.5) is 5.69 Å². The number of benzene rings is 2. The summed E-state index contributed by atoms with van der Waals surface area (Å²) in [5.74, 6) is 1.85. The fraction of sp³-hybridized carbons (Fsp3) is 0.368. The van der Waals surface area contributed by atoms with Crippen molar-refractivity contribution in [3.8, 4) is 11.5 Å². The van der Waals surface area contributed by atoms with Crippen LogP contribution in [0.1, 0.15) is 32.3 Å². The third kappa shape index (κ3) is 5.32. The minimum atomic E-state index is 0.699. The number of hydrogen-bond donors (Lipinski definition) is 1. The molecule has 2 aromatic carbocycles. The van der Waals surface area contributed by atoms with Crippen molar-refractivity contribution in [2.45, 2.75) is 33.2 Å². The molecule has 0 aliphatic heterocycles. The Morgan fingerprint density at radius 2 is 1.45 bits per heavy atom. The number of anilines is 1. The van der Waals surface area contributed by atoms with Crippen LogP contribution in [0.5, 0.6) is 11.5 Å². The maximum atomic E-state index is 5.66. The van der Waals surface area contributed by atoms with Gasteiger partial charge in [-0.05, 0) is 55.3 Å². The second-order valence-electron chi connectivity index (χ2n) is 5.16. The van der Waals surface area contributed by atoms with Gasteiger partial charge in [0, 0.05) is 12.2 Å². The molecule has 2 rings (SSSR count). The summed E-state index contributed by atoms with van der Waals surface area (Å²) >= 11 is 0. The smallest absolute Gasteiger partial charge is 0.119 e. The van der Waals surface area contributed by atoms with Crippen molar-refractivity contribution in [2.24, 2.45) is 0 Å². The van der Waals surface area contributed by atoms with Crippen LogP contribution in [-0.2, 0) is 6.54 Å². The first-order valence-electron chi connectivity index (χ1n) is 8.00. The van der Waals surface area contributed by atoms with Gasteiger partial charge in [-0.15, -0.1) is 0 Å². The van der Waals surface area contributed by atoms with Crippen LogP contribution in [0.3, 0.4) is 0 Å². The Labute approximate surface area is 133 Å². The molecule has 0 heterocycles. The number of unbranched alkanes of at least 4 members (excludes halogenated alkanes) is 1. The Bertz CT molecular complexity index is 534. The molecule has 0 saturated carbocycles. The van der Waals surface area contributed by atoms with Crippen LogP contribution in [-0.4, -0.2) is 13.2 Å². The van der Waals surface area contributed by atoms with Gasteiger partial charge in [-0.25, -0.2) is 0 Å². The third-order valence-electron chi connectivity index (χ3n) is 3.35. The summed E-state index contributed by atoms with van der Waals surface area (Å²) in [6, 6.07) is 16.3. The summed E-state index contributed by atoms with van der Waals surface area (Å²) in [5.41, 5.74) is 2.32. The van der Waals surface area contributed by atoms with E-state index >= 15 is 0 Å². The van der Waals surface area contributed by atoms with E-state index in [1.54, 1.807) is 0 Å². The molecule has 0 fully saturated rings. The van der Waals surface area contributed by atoms with Crippen LogP contribution in [0.25, 0.3) is 0 Å². The van der Waals surface area contributed by atoms with Crippen LogP contribution in [0, 0.1) is 0 Å². The molecular formula is C19H25NO2. The topological polar surface area (TPSA) is 30.5 Å². The normalized spacial score (nSPS) is 10.3. The SMILES string of the molecule is CCCCOc1ccc(NCc2ccc(OCC)cc2)cc1. The van der Waals surface area contributed by atoms with Gasteiger partial charge in [0.25, 0.3) is 0 Å². The third-order valence-corrected chi connectivity index (χ3v) is 3.35. The van der Waals surface area contributed by atoms with Crippen LogP contribution in [0.15, 0.2) is 48.5 Å². The Hall–Kier alpha value is -2.16. The van der Waals surface area contributed by atoms with Crippen molar-refractivity contribution in [1.82, 2.24) is 0 Å². The molecule has 22 heavy (non-hydrogen) atoms. The molecule has 0 saturated heterocycles. The van der Waals surface area contributed by atoms with E-state index in [9.17, 15) is 0 Å². The van der Waals surface area contributed by atoms with Crippen molar-refractivity contribution in [3.63, 3.8) is 0 Å². The van der Waals surface area contributed by atoms with E-state index in [1.165, 1.54) is 5.56 Å². The molecule has 0 spiro atoms. The van der Waals surface area contributed by atoms with Crippen LogP contribution < -0.4 is 14.8 Å². The molecule has 3 heteroatoms. The summed E-state index contributed by atoms with van der Waals surface area (Å²) in [5, 5.41) is 3.41. The number of hydrogen-bond acceptors (Lipinski definition) is 3. The van der Waals surface area contributed by atoms with E-state index < -0.39 is 0 Å². The van der Waals surface area contributed by atoms with Crippen molar-refractivity contribution in [3.05, 3.63) is 54.1 Å². The summed E-state index contributed by atoms with van der Waals surface area (Å²) in [6.45, 7) is 6.44. The molecule has 0 aliphatic rings. The number of rotatable bonds is 9. The molecule has 1 N–H and O–H groups in total. The molecule has 0 unspecified atom stereocenters. The van der Waals surface area contributed by atoms with E-state index in [-0.39, 0.29) is 0 Å². The van der Waals surface area contributed by atoms with Crippen LogP contribution in [0.2, 0.25) is 0 Å². The Morgan fingerprint density at radius 1 is 0.818 bits per heavy atom. The van der Waals surface area contributed by atoms with Gasteiger partial charge in [-0.3, -0.25) is 0 Å². The highest BCUT2D eigenvalue weighted by atomic mass is 16.5. The molecule has 3 nitrogen and oxygen atoms in total. The van der Waals surface area contributed by atoms with E-state index in [1.807, 2.05) is 31.2 Å². The molecule has 0 amide bonds. The summed E-state index contributed by atoms with van der Waals surface area (Å²) in [7, 11) is 0. The lowest BCUT2D eigenvalue weighted by molar-refractivity contribution is 0.309. The highest BCUT2D eigenvalue weighted by Gasteiger charge is 1.98. The second-order valence-corrected chi connectivity index (χ2v) is 5.16. The fourth-order valence-electron chi connectivity index (χ4n) is 2.08. The van der Waals surface area contributed by atoms with Gasteiger partial charge in [0.1, 0.15) is 11.5 Å². The quantitative estimate of drug-likeness (QED) is 0.670. The van der Waals surface area contributed by atoms with Gasteiger partial charge in [-0.2, -0.15) is 0 Å². The fourth-order valence-corrected chi connectivity index (χ4v) is 2.08. The first-order valence-corrected chi connectivity index (χ1v) is 8.00. The predicted molar refractivity (Wildman–Crippen MR) is 91.8 cm³/mol. The van der Waals surface area contributed by atoms with Crippen molar-refractivity contribution >= 4 is 5.69 Å². The van der Waals surface area contributed by atoms with E-state index in [0.29, 0.717) is 6.61 Å². The standard InChI is InChI=1S/C19H25NO2/c1-3-5-14-22-19-12-8-17(9-13-19)20-15-16-6-10-18(11-7-16)21-4-2/h6-13,20H,3-5,14-15H2,1-2H3. The van der Waals surface area contributed by atoms with E-state index in [4.69, 9.17) is 9.47 Å². The van der Waals surface area contributed by atoms with Crippen LogP contribution >= 0.6 is 0 Å².